The van der Waals surface area contributed by atoms with Crippen molar-refractivity contribution in [2.24, 2.45) is 0 Å². The zero-order valence-electron chi connectivity index (χ0n) is 11.8. The SMILES string of the molecule is C=C(C)CNCC(=C)C.O[C@@H]1CO[C@H]2[C@@H]1OC[C@@H]2O. The van der Waals surface area contributed by atoms with Gasteiger partial charge in [0.15, 0.2) is 0 Å². The average molecular weight is 271 g/mol. The zero-order chi connectivity index (χ0) is 14.4. The maximum absolute atomic E-state index is 9.16. The Labute approximate surface area is 114 Å². The first kappa shape index (κ1) is 16.3. The molecule has 0 aromatic heterocycles. The number of ether oxygens (including phenoxy) is 2. The van der Waals surface area contributed by atoms with Crippen molar-refractivity contribution in [2.75, 3.05) is 26.3 Å². The standard InChI is InChI=1S/C8H15N.C6H10O4/c1-7(2)5-9-6-8(3)4;7-3-1-9-6-4(8)2-10-5(3)6/h9H,1,3,5-6H2,2,4H3;3-8H,1-2H2/t;3-,4+,5-,6-/m.1/s1. The highest BCUT2D eigenvalue weighted by Crippen LogP contribution is 2.26. The summed E-state index contributed by atoms with van der Waals surface area (Å²) in [6, 6.07) is 0. The van der Waals surface area contributed by atoms with Gasteiger partial charge in [-0.15, -0.1) is 0 Å². The Hall–Kier alpha value is -0.720. The van der Waals surface area contributed by atoms with Gasteiger partial charge >= 0.3 is 0 Å². The number of rotatable bonds is 4. The summed E-state index contributed by atoms with van der Waals surface area (Å²) in [5.41, 5.74) is 2.33. The molecular weight excluding hydrogens is 246 g/mol. The molecular formula is C14H25NO4. The third-order valence-corrected chi connectivity index (χ3v) is 2.85. The summed E-state index contributed by atoms with van der Waals surface area (Å²) in [4.78, 5) is 0. The maximum Gasteiger partial charge on any atom is 0.114 e. The Kier molecular flexibility index (Phi) is 6.68. The van der Waals surface area contributed by atoms with Crippen LogP contribution in [0.1, 0.15) is 13.8 Å². The second kappa shape index (κ2) is 7.77. The minimum absolute atomic E-state index is 0.284. The Morgan fingerprint density at radius 3 is 1.68 bits per heavy atom. The number of nitrogens with one attached hydrogen (secondary N) is 1. The highest BCUT2D eigenvalue weighted by atomic mass is 16.6. The van der Waals surface area contributed by atoms with Crippen LogP contribution in [0.4, 0.5) is 0 Å². The fourth-order valence-corrected chi connectivity index (χ4v) is 1.95. The Balaban J connectivity index is 0.000000192. The Morgan fingerprint density at radius 1 is 1.00 bits per heavy atom. The molecule has 0 unspecified atom stereocenters. The van der Waals surface area contributed by atoms with E-state index in [1.165, 1.54) is 0 Å². The van der Waals surface area contributed by atoms with Gasteiger partial charge in [0.05, 0.1) is 13.2 Å². The van der Waals surface area contributed by atoms with Gasteiger partial charge in [-0.25, -0.2) is 0 Å². The number of aliphatic hydroxyl groups is 2. The van der Waals surface area contributed by atoms with Crippen molar-refractivity contribution >= 4 is 0 Å². The van der Waals surface area contributed by atoms with E-state index in [1.54, 1.807) is 0 Å². The molecule has 2 aliphatic heterocycles. The van der Waals surface area contributed by atoms with Gasteiger partial charge < -0.3 is 25.0 Å². The van der Waals surface area contributed by atoms with Gasteiger partial charge in [0.25, 0.3) is 0 Å². The predicted octanol–water partition coefficient (Wildman–Crippen LogP) is 0.234. The minimum atomic E-state index is -0.554. The molecule has 2 heterocycles. The van der Waals surface area contributed by atoms with Crippen LogP contribution in [0.2, 0.25) is 0 Å². The van der Waals surface area contributed by atoms with Crippen LogP contribution in [0.3, 0.4) is 0 Å². The van der Waals surface area contributed by atoms with E-state index in [0.717, 1.165) is 24.2 Å². The second-order valence-corrected chi connectivity index (χ2v) is 5.25. The molecule has 110 valence electrons. The van der Waals surface area contributed by atoms with Gasteiger partial charge in [-0.1, -0.05) is 24.3 Å². The fourth-order valence-electron chi connectivity index (χ4n) is 1.95. The zero-order valence-corrected chi connectivity index (χ0v) is 11.8. The minimum Gasteiger partial charge on any atom is -0.388 e. The van der Waals surface area contributed by atoms with E-state index in [4.69, 9.17) is 19.7 Å². The van der Waals surface area contributed by atoms with Crippen molar-refractivity contribution in [3.05, 3.63) is 24.3 Å². The van der Waals surface area contributed by atoms with Crippen molar-refractivity contribution < 1.29 is 19.7 Å². The van der Waals surface area contributed by atoms with E-state index in [-0.39, 0.29) is 25.4 Å². The molecule has 19 heavy (non-hydrogen) atoms. The smallest absolute Gasteiger partial charge is 0.114 e. The summed E-state index contributed by atoms with van der Waals surface area (Å²) in [6.07, 6.45) is -1.70. The summed E-state index contributed by atoms with van der Waals surface area (Å²) in [5.74, 6) is 0. The summed E-state index contributed by atoms with van der Waals surface area (Å²) in [6.45, 7) is 13.9. The molecule has 0 radical (unpaired) electrons. The van der Waals surface area contributed by atoms with E-state index in [9.17, 15) is 0 Å². The molecule has 0 amide bonds. The summed E-state index contributed by atoms with van der Waals surface area (Å²) < 4.78 is 10.2. The van der Waals surface area contributed by atoms with Gasteiger partial charge in [-0.2, -0.15) is 0 Å². The number of hydrogen-bond acceptors (Lipinski definition) is 5. The van der Waals surface area contributed by atoms with Crippen molar-refractivity contribution in [3.63, 3.8) is 0 Å². The number of aliphatic hydroxyl groups excluding tert-OH is 2. The number of fused-ring (bicyclic) bond motifs is 1. The first-order valence-electron chi connectivity index (χ1n) is 6.50. The van der Waals surface area contributed by atoms with Crippen LogP contribution in [-0.2, 0) is 9.47 Å². The van der Waals surface area contributed by atoms with Crippen molar-refractivity contribution in [3.8, 4) is 0 Å². The van der Waals surface area contributed by atoms with Gasteiger partial charge in [-0.3, -0.25) is 0 Å². The summed E-state index contributed by atoms with van der Waals surface area (Å²) in [5, 5.41) is 21.5. The molecule has 0 aromatic carbocycles. The molecule has 3 N–H and O–H groups in total. The first-order valence-corrected chi connectivity index (χ1v) is 6.50. The monoisotopic (exact) mass is 271 g/mol. The average Bonchev–Trinajstić information content (AvgIpc) is 2.84. The largest absolute Gasteiger partial charge is 0.388 e. The molecule has 0 bridgehead atoms. The third-order valence-electron chi connectivity index (χ3n) is 2.85. The lowest BCUT2D eigenvalue weighted by Gasteiger charge is -2.09. The Morgan fingerprint density at radius 2 is 1.37 bits per heavy atom. The molecule has 0 spiro atoms. The van der Waals surface area contributed by atoms with Gasteiger partial charge in [0, 0.05) is 13.1 Å². The van der Waals surface area contributed by atoms with Crippen LogP contribution in [0.5, 0.6) is 0 Å². The Bertz CT molecular complexity index is 289. The molecule has 0 aliphatic carbocycles. The molecule has 4 atom stereocenters. The predicted molar refractivity (Wildman–Crippen MR) is 74.0 cm³/mol. The first-order chi connectivity index (χ1) is 8.91. The molecule has 0 aromatic rings. The van der Waals surface area contributed by atoms with Crippen molar-refractivity contribution in [1.29, 1.82) is 0 Å². The summed E-state index contributed by atoms with van der Waals surface area (Å²) in [7, 11) is 0. The van der Waals surface area contributed by atoms with E-state index in [0.29, 0.717) is 0 Å². The van der Waals surface area contributed by atoms with Crippen LogP contribution in [0, 0.1) is 0 Å². The highest BCUT2D eigenvalue weighted by Gasteiger charge is 2.46. The third kappa shape index (κ3) is 5.42. The maximum atomic E-state index is 9.16. The lowest BCUT2D eigenvalue weighted by atomic mass is 10.1. The van der Waals surface area contributed by atoms with Crippen molar-refractivity contribution in [2.45, 2.75) is 38.3 Å². The molecule has 2 saturated heterocycles. The lowest BCUT2D eigenvalue weighted by Crippen LogP contribution is -2.30. The van der Waals surface area contributed by atoms with Crippen LogP contribution in [-0.4, -0.2) is 60.9 Å². The molecule has 2 fully saturated rings. The van der Waals surface area contributed by atoms with Crippen LogP contribution >= 0.6 is 0 Å². The van der Waals surface area contributed by atoms with E-state index < -0.39 is 12.2 Å². The molecule has 0 saturated carbocycles. The van der Waals surface area contributed by atoms with Crippen LogP contribution in [0.25, 0.3) is 0 Å². The van der Waals surface area contributed by atoms with E-state index >= 15 is 0 Å². The topological polar surface area (TPSA) is 71.0 Å². The second-order valence-electron chi connectivity index (χ2n) is 5.25. The van der Waals surface area contributed by atoms with Crippen molar-refractivity contribution in [1.82, 2.24) is 5.32 Å². The van der Waals surface area contributed by atoms with Crippen LogP contribution < -0.4 is 5.32 Å². The van der Waals surface area contributed by atoms with Gasteiger partial charge in [0.2, 0.25) is 0 Å². The molecule has 5 heteroatoms. The van der Waals surface area contributed by atoms with E-state index in [2.05, 4.69) is 18.5 Å². The lowest BCUT2D eigenvalue weighted by molar-refractivity contribution is 0.00205. The summed E-state index contributed by atoms with van der Waals surface area (Å²) >= 11 is 0. The van der Waals surface area contributed by atoms with Gasteiger partial charge in [0.1, 0.15) is 24.4 Å². The highest BCUT2D eigenvalue weighted by molar-refractivity contribution is 4.96. The van der Waals surface area contributed by atoms with Crippen LogP contribution in [0.15, 0.2) is 24.3 Å². The quantitative estimate of drug-likeness (QED) is 0.639. The normalized spacial score (nSPS) is 32.4. The van der Waals surface area contributed by atoms with E-state index in [1.807, 2.05) is 13.8 Å². The molecule has 2 aliphatic rings. The molecule has 5 nitrogen and oxygen atoms in total. The molecule has 2 rings (SSSR count). The fraction of sp³-hybridized carbons (Fsp3) is 0.714. The number of hydrogen-bond donors (Lipinski definition) is 3. The van der Waals surface area contributed by atoms with Gasteiger partial charge in [-0.05, 0) is 13.8 Å².